The van der Waals surface area contributed by atoms with E-state index in [0.29, 0.717) is 5.82 Å². The molecule has 0 fully saturated rings. The summed E-state index contributed by atoms with van der Waals surface area (Å²) in [5, 5.41) is 5.09. The van der Waals surface area contributed by atoms with Crippen molar-refractivity contribution in [2.45, 2.75) is 5.78 Å². The molecule has 0 unspecified atom stereocenters. The van der Waals surface area contributed by atoms with Crippen molar-refractivity contribution in [1.82, 2.24) is 4.98 Å². The lowest BCUT2D eigenvalue weighted by Crippen LogP contribution is -2.26. The Morgan fingerprint density at radius 3 is 1.64 bits per heavy atom. The first-order valence-electron chi connectivity index (χ1n) is 9.22. The maximum absolute atomic E-state index is 14.8. The third kappa shape index (κ3) is 3.62. The van der Waals surface area contributed by atoms with Crippen molar-refractivity contribution >= 4 is 23.6 Å². The molecule has 1 atom stereocenters. The van der Waals surface area contributed by atoms with Crippen molar-refractivity contribution in [3.8, 4) is 0 Å². The van der Waals surface area contributed by atoms with E-state index in [1.54, 1.807) is 6.20 Å². The molecule has 4 rings (SSSR count). The number of aromatic nitrogens is 1. The summed E-state index contributed by atoms with van der Waals surface area (Å²) in [7, 11) is -3.07. The summed E-state index contributed by atoms with van der Waals surface area (Å²) >= 11 is 0. The predicted octanol–water partition coefficient (Wildman–Crippen LogP) is 5.21. The first kappa shape index (κ1) is 18.2. The summed E-state index contributed by atoms with van der Waals surface area (Å²) in [5.41, 5.74) is 0.962. The largest absolute Gasteiger partial charge is 0.356 e. The van der Waals surface area contributed by atoms with Crippen molar-refractivity contribution in [2.75, 3.05) is 5.32 Å². The molecular formula is C24H21N2OP. The fourth-order valence-corrected chi connectivity index (χ4v) is 6.38. The van der Waals surface area contributed by atoms with Crippen LogP contribution in [0.1, 0.15) is 11.3 Å². The molecule has 0 aliphatic rings. The summed E-state index contributed by atoms with van der Waals surface area (Å²) in [6.45, 7) is 0. The minimum atomic E-state index is -3.07. The van der Waals surface area contributed by atoms with Gasteiger partial charge in [0.1, 0.15) is 11.6 Å². The molecule has 0 bridgehead atoms. The van der Waals surface area contributed by atoms with Gasteiger partial charge in [0.15, 0.2) is 7.14 Å². The highest BCUT2D eigenvalue weighted by molar-refractivity contribution is 7.79. The monoisotopic (exact) mass is 384 g/mol. The second-order valence-electron chi connectivity index (χ2n) is 6.50. The van der Waals surface area contributed by atoms with Crippen molar-refractivity contribution < 1.29 is 4.57 Å². The summed E-state index contributed by atoms with van der Waals surface area (Å²) in [6, 6.07) is 35.1. The molecule has 0 saturated carbocycles. The summed E-state index contributed by atoms with van der Waals surface area (Å²) < 4.78 is 14.8. The van der Waals surface area contributed by atoms with E-state index in [0.717, 1.165) is 16.2 Å². The van der Waals surface area contributed by atoms with E-state index in [1.165, 1.54) is 0 Å². The molecule has 3 aromatic carbocycles. The van der Waals surface area contributed by atoms with Crippen LogP contribution >= 0.6 is 7.14 Å². The van der Waals surface area contributed by atoms with Crippen molar-refractivity contribution in [2.24, 2.45) is 0 Å². The van der Waals surface area contributed by atoms with Gasteiger partial charge in [0.25, 0.3) is 0 Å². The second kappa shape index (κ2) is 8.24. The molecule has 1 heterocycles. The van der Waals surface area contributed by atoms with Gasteiger partial charge >= 0.3 is 0 Å². The molecule has 3 nitrogen and oxygen atoms in total. The van der Waals surface area contributed by atoms with Crippen LogP contribution < -0.4 is 15.9 Å². The molecule has 0 radical (unpaired) electrons. The summed E-state index contributed by atoms with van der Waals surface area (Å²) in [5.74, 6) is 0.261. The van der Waals surface area contributed by atoms with Gasteiger partial charge in [-0.3, -0.25) is 0 Å². The highest BCUT2D eigenvalue weighted by Gasteiger charge is 2.38. The Hall–Kier alpha value is -3.16. The Kier molecular flexibility index (Phi) is 5.36. The molecule has 1 aromatic heterocycles. The first-order valence-corrected chi connectivity index (χ1v) is 11.0. The molecule has 28 heavy (non-hydrogen) atoms. The van der Waals surface area contributed by atoms with Crippen molar-refractivity contribution in [1.29, 1.82) is 0 Å². The van der Waals surface area contributed by atoms with Gasteiger partial charge in [0, 0.05) is 16.8 Å². The summed E-state index contributed by atoms with van der Waals surface area (Å²) in [4.78, 5) is 4.41. The zero-order valence-corrected chi connectivity index (χ0v) is 16.2. The number of pyridine rings is 1. The van der Waals surface area contributed by atoms with Crippen LogP contribution in [0.15, 0.2) is 115 Å². The molecule has 138 valence electrons. The maximum Gasteiger partial charge on any atom is 0.168 e. The van der Waals surface area contributed by atoms with Gasteiger partial charge in [0.2, 0.25) is 0 Å². The Labute approximate surface area is 165 Å². The van der Waals surface area contributed by atoms with Crippen LogP contribution in [0.3, 0.4) is 0 Å². The molecule has 0 aliphatic heterocycles. The number of benzene rings is 3. The molecular weight excluding hydrogens is 363 g/mol. The lowest BCUT2D eigenvalue weighted by Gasteiger charge is -2.30. The number of nitrogens with one attached hydrogen (secondary N) is 1. The van der Waals surface area contributed by atoms with Crippen molar-refractivity contribution in [3.63, 3.8) is 0 Å². The standard InChI is InChI=1S/C24H21N2OP/c27-28(21-14-6-2-7-15-21,22-16-8-3-9-17-22)24(20-12-4-1-5-13-20)26-23-18-10-11-19-25-23/h1-19,24H,(H,25,26)/t24-/m0/s1. The lowest BCUT2D eigenvalue weighted by molar-refractivity contribution is 0.581. The average Bonchev–Trinajstić information content (AvgIpc) is 2.79. The fourth-order valence-electron chi connectivity index (χ4n) is 3.35. The highest BCUT2D eigenvalue weighted by atomic mass is 31.2. The topological polar surface area (TPSA) is 42.0 Å². The van der Waals surface area contributed by atoms with Crippen molar-refractivity contribution in [3.05, 3.63) is 121 Å². The van der Waals surface area contributed by atoms with E-state index >= 15 is 0 Å². The molecule has 4 aromatic rings. The van der Waals surface area contributed by atoms with E-state index in [-0.39, 0.29) is 0 Å². The van der Waals surface area contributed by atoms with Crippen LogP contribution in [0.2, 0.25) is 0 Å². The molecule has 0 saturated heterocycles. The number of anilines is 1. The number of rotatable bonds is 6. The molecule has 4 heteroatoms. The molecule has 1 N–H and O–H groups in total. The van der Waals surface area contributed by atoms with Crippen LogP contribution in [-0.2, 0) is 4.57 Å². The third-order valence-electron chi connectivity index (χ3n) is 4.71. The minimum absolute atomic E-state index is 0.437. The fraction of sp³-hybridized carbons (Fsp3) is 0.0417. The van der Waals surface area contributed by atoms with E-state index in [1.807, 2.05) is 109 Å². The number of hydrogen-bond acceptors (Lipinski definition) is 3. The Morgan fingerprint density at radius 2 is 1.14 bits per heavy atom. The van der Waals surface area contributed by atoms with Gasteiger partial charge in [-0.15, -0.1) is 0 Å². The predicted molar refractivity (Wildman–Crippen MR) is 117 cm³/mol. The number of nitrogens with zero attached hydrogens (tertiary/aromatic N) is 1. The third-order valence-corrected chi connectivity index (χ3v) is 7.99. The van der Waals surface area contributed by atoms with Gasteiger partial charge in [-0.1, -0.05) is 97.1 Å². The zero-order valence-electron chi connectivity index (χ0n) is 15.3. The van der Waals surface area contributed by atoms with Crippen LogP contribution in [0.5, 0.6) is 0 Å². The normalized spacial score (nSPS) is 12.3. The van der Waals surface area contributed by atoms with Crippen LogP contribution in [0, 0.1) is 0 Å². The van der Waals surface area contributed by atoms with Crippen LogP contribution in [0.4, 0.5) is 5.82 Å². The Morgan fingerprint density at radius 1 is 0.643 bits per heavy atom. The van der Waals surface area contributed by atoms with Crippen LogP contribution in [0.25, 0.3) is 0 Å². The lowest BCUT2D eigenvalue weighted by atomic mass is 10.2. The van der Waals surface area contributed by atoms with Crippen LogP contribution in [-0.4, -0.2) is 4.98 Å². The van der Waals surface area contributed by atoms with E-state index in [9.17, 15) is 4.57 Å². The SMILES string of the molecule is O=P(c1ccccc1)(c1ccccc1)[C@H](Nc1ccccn1)c1ccccc1. The van der Waals surface area contributed by atoms with E-state index in [2.05, 4.69) is 10.3 Å². The summed E-state index contributed by atoms with van der Waals surface area (Å²) in [6.07, 6.45) is 1.74. The quantitative estimate of drug-likeness (QED) is 0.464. The Bertz CT molecular complexity index is 1010. The van der Waals surface area contributed by atoms with E-state index in [4.69, 9.17) is 0 Å². The maximum atomic E-state index is 14.8. The first-order chi connectivity index (χ1) is 13.8. The minimum Gasteiger partial charge on any atom is -0.356 e. The molecule has 0 amide bonds. The molecule has 0 spiro atoms. The van der Waals surface area contributed by atoms with Gasteiger partial charge < -0.3 is 9.88 Å². The number of hydrogen-bond donors (Lipinski definition) is 1. The smallest absolute Gasteiger partial charge is 0.168 e. The van der Waals surface area contributed by atoms with Gasteiger partial charge in [-0.05, 0) is 17.7 Å². The highest BCUT2D eigenvalue weighted by Crippen LogP contribution is 2.56. The van der Waals surface area contributed by atoms with Gasteiger partial charge in [-0.2, -0.15) is 0 Å². The zero-order chi connectivity index (χ0) is 19.2. The Balaban J connectivity index is 1.93. The molecule has 0 aliphatic carbocycles. The average molecular weight is 384 g/mol. The van der Waals surface area contributed by atoms with Gasteiger partial charge in [-0.25, -0.2) is 4.98 Å². The second-order valence-corrected chi connectivity index (χ2v) is 9.37. The van der Waals surface area contributed by atoms with Gasteiger partial charge in [0.05, 0.1) is 0 Å². The van der Waals surface area contributed by atoms with E-state index < -0.39 is 12.9 Å².